The molecule has 14 heavy (non-hydrogen) atoms. The second-order valence-corrected chi connectivity index (χ2v) is 2.72. The fourth-order valence-corrected chi connectivity index (χ4v) is 1.13. The molecular weight excluding hydrogens is 373 g/mol. The van der Waals surface area contributed by atoms with Gasteiger partial charge in [-0.05, 0) is 0 Å². The first-order chi connectivity index (χ1) is 5.54. The van der Waals surface area contributed by atoms with Gasteiger partial charge in [0.2, 0.25) is 0 Å². The van der Waals surface area contributed by atoms with E-state index in [0.29, 0.717) is 0 Å². The molecule has 0 aromatic carbocycles. The average Bonchev–Trinajstić information content (AvgIpc) is 1.94. The largest absolute Gasteiger partial charge is 4.00 e. The molecule has 3 N–H and O–H groups in total. The molecule has 1 saturated carbocycles. The molecule has 0 saturated heterocycles. The molecule has 1 aliphatic rings. The van der Waals surface area contributed by atoms with E-state index in [1.807, 2.05) is 0 Å². The van der Waals surface area contributed by atoms with Crippen molar-refractivity contribution in [3.63, 3.8) is 0 Å². The van der Waals surface area contributed by atoms with Gasteiger partial charge in [-0.25, -0.2) is 0 Å². The Morgan fingerprint density at radius 1 is 1.07 bits per heavy atom. The molecule has 2 atom stereocenters. The Hall–Kier alpha value is -0.232. The van der Waals surface area contributed by atoms with Crippen LogP contribution < -0.4 is 0 Å². The van der Waals surface area contributed by atoms with Gasteiger partial charge in [-0.1, -0.05) is 25.7 Å². The van der Waals surface area contributed by atoms with Crippen molar-refractivity contribution in [2.45, 2.75) is 37.8 Å². The zero-order chi connectivity index (χ0) is 9.56. The number of hydrogen-bond acceptors (Lipinski definition) is 4. The quantitative estimate of drug-likeness (QED) is 0.463. The number of hydrogen-bond donors (Lipinski definition) is 0. The fraction of sp³-hybridized carbons (Fsp3) is 1.00. The van der Waals surface area contributed by atoms with Gasteiger partial charge in [0, 0.05) is 0 Å². The predicted molar refractivity (Wildman–Crippen MR) is 47.0 cm³/mol. The van der Waals surface area contributed by atoms with Crippen LogP contribution in [0.1, 0.15) is 25.7 Å². The van der Waals surface area contributed by atoms with Gasteiger partial charge in [0.1, 0.15) is 0 Å². The molecular formula is C6H13N3O4Pt. The smallest absolute Gasteiger partial charge is 0.870 e. The van der Waals surface area contributed by atoms with E-state index in [4.69, 9.17) is 26.8 Å². The Morgan fingerprint density at radius 3 is 1.43 bits per heavy atom. The summed E-state index contributed by atoms with van der Waals surface area (Å²) in [7, 11) is 0. The van der Waals surface area contributed by atoms with Crippen LogP contribution >= 0.6 is 0 Å². The normalized spacial score (nSPS) is 24.4. The summed E-state index contributed by atoms with van der Waals surface area (Å²) in [5, 5.41) is 14.8. The molecule has 7 nitrogen and oxygen atoms in total. The SMILES string of the molecule is O=[N+]([O-])[O-].[NH-]C1CCCCC1[NH-].[OH-].[Pt+4]. The van der Waals surface area contributed by atoms with Crippen LogP contribution in [-0.4, -0.2) is 22.6 Å². The molecule has 0 spiro atoms. The van der Waals surface area contributed by atoms with Crippen molar-refractivity contribution in [3.05, 3.63) is 26.8 Å². The summed E-state index contributed by atoms with van der Waals surface area (Å²) in [5.41, 5.74) is 14.6. The molecule has 8 heteroatoms. The van der Waals surface area contributed by atoms with Crippen molar-refractivity contribution in [1.82, 2.24) is 0 Å². The van der Waals surface area contributed by atoms with E-state index in [0.717, 1.165) is 12.8 Å². The van der Waals surface area contributed by atoms with Gasteiger partial charge in [-0.15, -0.1) is 0 Å². The van der Waals surface area contributed by atoms with Crippen molar-refractivity contribution >= 4 is 0 Å². The van der Waals surface area contributed by atoms with Gasteiger partial charge in [0.15, 0.2) is 0 Å². The topological polar surface area (TPSA) is 144 Å². The first kappa shape index (κ1) is 19.4. The van der Waals surface area contributed by atoms with Crippen molar-refractivity contribution in [1.29, 1.82) is 0 Å². The summed E-state index contributed by atoms with van der Waals surface area (Å²) in [6.45, 7) is 0. The molecule has 2 unspecified atom stereocenters. The first-order valence-corrected chi connectivity index (χ1v) is 3.77. The standard InChI is InChI=1S/C6H12N2.NO3.H2O.Pt/c7-5-3-1-2-4-6(5)8;2-1(3)4;;/h5-8H,1-4H2;;1H2;/q-2;-1;;+4/p-1. The van der Waals surface area contributed by atoms with E-state index < -0.39 is 5.09 Å². The molecule has 0 heterocycles. The van der Waals surface area contributed by atoms with Crippen LogP contribution in [0, 0.1) is 15.3 Å². The van der Waals surface area contributed by atoms with Gasteiger partial charge in [0.05, 0.1) is 5.09 Å². The third-order valence-corrected chi connectivity index (χ3v) is 1.77. The summed E-state index contributed by atoms with van der Waals surface area (Å²) in [6.07, 6.45) is 4.25. The maximum atomic E-state index is 8.25. The molecule has 0 aromatic heterocycles. The van der Waals surface area contributed by atoms with Gasteiger partial charge >= 0.3 is 21.1 Å². The first-order valence-electron chi connectivity index (χ1n) is 3.77. The minimum Gasteiger partial charge on any atom is -0.870 e. The van der Waals surface area contributed by atoms with Gasteiger partial charge < -0.3 is 32.3 Å². The minimum absolute atomic E-state index is 0. The van der Waals surface area contributed by atoms with Crippen molar-refractivity contribution < 1.29 is 31.6 Å². The Balaban J connectivity index is -0.000000180. The van der Waals surface area contributed by atoms with Crippen LogP contribution in [0.3, 0.4) is 0 Å². The molecule has 1 aliphatic carbocycles. The maximum Gasteiger partial charge on any atom is 4.00 e. The van der Waals surface area contributed by atoms with Gasteiger partial charge in [-0.2, -0.15) is 12.1 Å². The maximum absolute atomic E-state index is 8.25. The zero-order valence-corrected chi connectivity index (χ0v) is 9.69. The summed E-state index contributed by atoms with van der Waals surface area (Å²) in [6, 6.07) is -0.160. The molecule has 1 rings (SSSR count). The van der Waals surface area contributed by atoms with E-state index >= 15 is 0 Å². The summed E-state index contributed by atoms with van der Waals surface area (Å²) >= 11 is 0. The Kier molecular flexibility index (Phi) is 15.0. The van der Waals surface area contributed by atoms with E-state index in [-0.39, 0.29) is 38.6 Å². The Bertz CT molecular complexity index is 135. The van der Waals surface area contributed by atoms with Crippen LogP contribution in [0.15, 0.2) is 0 Å². The van der Waals surface area contributed by atoms with Crippen LogP contribution in [0.4, 0.5) is 0 Å². The fourth-order valence-electron chi connectivity index (χ4n) is 1.13. The number of nitrogens with zero attached hydrogens (tertiary/aromatic N) is 1. The van der Waals surface area contributed by atoms with Gasteiger partial charge in [0.25, 0.3) is 0 Å². The van der Waals surface area contributed by atoms with Crippen LogP contribution in [0.5, 0.6) is 0 Å². The third-order valence-electron chi connectivity index (χ3n) is 1.77. The molecule has 0 radical (unpaired) electrons. The second kappa shape index (κ2) is 10.8. The minimum atomic E-state index is -1.75. The average molecular weight is 386 g/mol. The number of rotatable bonds is 0. The van der Waals surface area contributed by atoms with Crippen molar-refractivity contribution in [3.8, 4) is 0 Å². The zero-order valence-electron chi connectivity index (χ0n) is 7.42. The third kappa shape index (κ3) is 11.8. The predicted octanol–water partition coefficient (Wildman–Crippen LogP) is 1.98. The summed E-state index contributed by atoms with van der Waals surface area (Å²) < 4.78 is 0. The van der Waals surface area contributed by atoms with Crippen molar-refractivity contribution in [2.24, 2.45) is 0 Å². The second-order valence-electron chi connectivity index (χ2n) is 2.72. The van der Waals surface area contributed by atoms with Crippen LogP contribution in [-0.2, 0) is 21.1 Å². The molecule has 0 amide bonds. The summed E-state index contributed by atoms with van der Waals surface area (Å²) in [4.78, 5) is 8.25. The van der Waals surface area contributed by atoms with E-state index in [2.05, 4.69) is 0 Å². The van der Waals surface area contributed by atoms with E-state index in [9.17, 15) is 0 Å². The Morgan fingerprint density at radius 2 is 1.29 bits per heavy atom. The monoisotopic (exact) mass is 386 g/mol. The van der Waals surface area contributed by atoms with E-state index in [1.165, 1.54) is 12.8 Å². The van der Waals surface area contributed by atoms with Crippen LogP contribution in [0.25, 0.3) is 11.5 Å². The van der Waals surface area contributed by atoms with Crippen molar-refractivity contribution in [2.75, 3.05) is 0 Å². The van der Waals surface area contributed by atoms with Crippen LogP contribution in [0.2, 0.25) is 0 Å². The molecule has 0 aliphatic heterocycles. The number of nitrogens with one attached hydrogen (secondary N) is 2. The molecule has 1 fully saturated rings. The molecule has 0 bridgehead atoms. The molecule has 86 valence electrons. The Labute approximate surface area is 96.5 Å². The molecule has 0 aromatic rings. The van der Waals surface area contributed by atoms with Gasteiger partial charge in [-0.3, -0.25) is 0 Å². The summed E-state index contributed by atoms with van der Waals surface area (Å²) in [5.74, 6) is 0. The van der Waals surface area contributed by atoms with E-state index in [1.54, 1.807) is 0 Å².